The van der Waals surface area contributed by atoms with Gasteiger partial charge >= 0.3 is 0 Å². The number of hydrogen-bond acceptors (Lipinski definition) is 3. The Morgan fingerprint density at radius 2 is 2.30 bits per heavy atom. The summed E-state index contributed by atoms with van der Waals surface area (Å²) in [6.07, 6.45) is 2.00. The molecule has 0 bridgehead atoms. The molecule has 0 aromatic carbocycles. The van der Waals surface area contributed by atoms with Gasteiger partial charge in [-0.25, -0.2) is 0 Å². The smallest absolute Gasteiger partial charge is 0.243 e. The number of rotatable bonds is 3. The molecule has 1 aliphatic carbocycles. The third kappa shape index (κ3) is 1.68. The number of amides is 1. The lowest BCUT2D eigenvalue weighted by atomic mass is 9.90. The molecule has 4 N–H and O–H groups in total. The van der Waals surface area contributed by atoms with Gasteiger partial charge in [0.1, 0.15) is 6.61 Å². The monoisotopic (exact) mass is 144 g/mol. The first-order valence-electron chi connectivity index (χ1n) is 3.35. The molecule has 2 atom stereocenters. The average Bonchev–Trinajstić information content (AvgIpc) is 1.84. The molecule has 4 nitrogen and oxygen atoms in total. The summed E-state index contributed by atoms with van der Waals surface area (Å²) in [6.45, 7) is -0.00162. The van der Waals surface area contributed by atoms with Gasteiger partial charge in [0.2, 0.25) is 5.91 Å². The molecule has 1 aliphatic rings. The molecule has 0 aromatic rings. The number of primary amides is 1. The van der Waals surface area contributed by atoms with E-state index in [-0.39, 0.29) is 18.8 Å². The van der Waals surface area contributed by atoms with E-state index in [4.69, 9.17) is 16.2 Å². The highest BCUT2D eigenvalue weighted by Gasteiger charge is 2.28. The molecule has 1 amide bonds. The molecule has 10 heavy (non-hydrogen) atoms. The minimum atomic E-state index is -0.431. The largest absolute Gasteiger partial charge is 0.368 e. The summed E-state index contributed by atoms with van der Waals surface area (Å²) in [4.78, 5) is 10.2. The van der Waals surface area contributed by atoms with Crippen LogP contribution >= 0.6 is 0 Å². The van der Waals surface area contributed by atoms with Crippen LogP contribution in [0.1, 0.15) is 12.8 Å². The molecule has 0 radical (unpaired) electrons. The van der Waals surface area contributed by atoms with Crippen LogP contribution in [0.3, 0.4) is 0 Å². The van der Waals surface area contributed by atoms with E-state index < -0.39 is 5.91 Å². The van der Waals surface area contributed by atoms with Crippen molar-refractivity contribution in [3.63, 3.8) is 0 Å². The Kier molecular flexibility index (Phi) is 2.24. The molecule has 4 heteroatoms. The van der Waals surface area contributed by atoms with Crippen LogP contribution in [0.5, 0.6) is 0 Å². The van der Waals surface area contributed by atoms with E-state index in [1.54, 1.807) is 0 Å². The number of ether oxygens (including phenoxy) is 1. The van der Waals surface area contributed by atoms with E-state index in [1.807, 2.05) is 0 Å². The van der Waals surface area contributed by atoms with E-state index >= 15 is 0 Å². The average molecular weight is 144 g/mol. The fraction of sp³-hybridized carbons (Fsp3) is 0.833. The Bertz CT molecular complexity index is 138. The predicted octanol–water partition coefficient (Wildman–Crippen LogP) is -1.02. The molecule has 0 heterocycles. The molecule has 0 aromatic heterocycles. The minimum absolute atomic E-state index is 0.00162. The third-order valence-corrected chi connectivity index (χ3v) is 1.70. The van der Waals surface area contributed by atoms with Gasteiger partial charge in [-0.05, 0) is 12.8 Å². The second-order valence-electron chi connectivity index (χ2n) is 2.56. The maximum absolute atomic E-state index is 10.2. The van der Waals surface area contributed by atoms with Gasteiger partial charge in [0.15, 0.2) is 0 Å². The van der Waals surface area contributed by atoms with Crippen LogP contribution in [-0.4, -0.2) is 24.7 Å². The van der Waals surface area contributed by atoms with Crippen molar-refractivity contribution in [1.82, 2.24) is 0 Å². The van der Waals surface area contributed by atoms with Gasteiger partial charge in [-0.2, -0.15) is 0 Å². The summed E-state index contributed by atoms with van der Waals surface area (Å²) < 4.78 is 5.05. The Morgan fingerprint density at radius 1 is 1.60 bits per heavy atom. The van der Waals surface area contributed by atoms with Crippen LogP contribution in [0.2, 0.25) is 0 Å². The normalized spacial score (nSPS) is 31.3. The maximum atomic E-state index is 10.2. The minimum Gasteiger partial charge on any atom is -0.368 e. The van der Waals surface area contributed by atoms with Crippen LogP contribution < -0.4 is 11.5 Å². The van der Waals surface area contributed by atoms with Gasteiger partial charge in [-0.3, -0.25) is 4.79 Å². The van der Waals surface area contributed by atoms with E-state index in [0.29, 0.717) is 0 Å². The fourth-order valence-electron chi connectivity index (χ4n) is 0.891. The van der Waals surface area contributed by atoms with Crippen LogP contribution in [0, 0.1) is 0 Å². The van der Waals surface area contributed by atoms with Gasteiger partial charge in [-0.15, -0.1) is 0 Å². The Hall–Kier alpha value is -0.610. The second kappa shape index (κ2) is 2.98. The first-order chi connectivity index (χ1) is 4.70. The zero-order valence-corrected chi connectivity index (χ0v) is 5.75. The Morgan fingerprint density at radius 3 is 2.60 bits per heavy atom. The highest BCUT2D eigenvalue weighted by Crippen LogP contribution is 2.20. The molecule has 1 rings (SSSR count). The van der Waals surface area contributed by atoms with Crippen LogP contribution in [0.4, 0.5) is 0 Å². The number of hydrogen-bond donors (Lipinski definition) is 2. The van der Waals surface area contributed by atoms with Gasteiger partial charge in [0.25, 0.3) is 0 Å². The van der Waals surface area contributed by atoms with Crippen molar-refractivity contribution >= 4 is 5.91 Å². The van der Waals surface area contributed by atoms with Crippen molar-refractivity contribution in [2.24, 2.45) is 11.5 Å². The Labute approximate surface area is 59.5 Å². The number of carbonyl (C=O) groups is 1. The number of carbonyl (C=O) groups excluding carboxylic acids is 1. The van der Waals surface area contributed by atoms with E-state index in [9.17, 15) is 4.79 Å². The molecule has 0 spiro atoms. The molecule has 1 saturated carbocycles. The molecule has 0 saturated heterocycles. The van der Waals surface area contributed by atoms with Crippen molar-refractivity contribution in [3.8, 4) is 0 Å². The van der Waals surface area contributed by atoms with Crippen LogP contribution in [-0.2, 0) is 9.53 Å². The second-order valence-corrected chi connectivity index (χ2v) is 2.56. The molecular weight excluding hydrogens is 132 g/mol. The first-order valence-corrected chi connectivity index (χ1v) is 3.35. The molecular formula is C6H12N2O2. The molecule has 1 unspecified atom stereocenters. The summed E-state index contributed by atoms with van der Waals surface area (Å²) >= 11 is 0. The van der Waals surface area contributed by atoms with Crippen molar-refractivity contribution in [2.75, 3.05) is 6.61 Å². The highest BCUT2D eigenvalue weighted by molar-refractivity contribution is 5.75. The number of nitrogens with two attached hydrogens (primary N) is 2. The highest BCUT2D eigenvalue weighted by atomic mass is 16.5. The molecule has 1 fully saturated rings. The lowest BCUT2D eigenvalue weighted by molar-refractivity contribution is -0.126. The zero-order valence-electron chi connectivity index (χ0n) is 5.75. The van der Waals surface area contributed by atoms with Gasteiger partial charge in [0, 0.05) is 6.04 Å². The summed E-state index contributed by atoms with van der Waals surface area (Å²) in [5.74, 6) is -0.431. The topological polar surface area (TPSA) is 78.3 Å². The van der Waals surface area contributed by atoms with Gasteiger partial charge in [0.05, 0.1) is 6.10 Å². The van der Waals surface area contributed by atoms with E-state index in [2.05, 4.69) is 0 Å². The van der Waals surface area contributed by atoms with E-state index in [1.165, 1.54) is 0 Å². The van der Waals surface area contributed by atoms with Crippen molar-refractivity contribution in [3.05, 3.63) is 0 Å². The standard InChI is InChI=1S/C6H12N2O2/c7-4-1-2-5(4)10-3-6(8)9/h4-5H,1-3,7H2,(H2,8,9)/t4-,5?/m0/s1. The maximum Gasteiger partial charge on any atom is 0.243 e. The van der Waals surface area contributed by atoms with E-state index in [0.717, 1.165) is 12.8 Å². The molecule has 58 valence electrons. The SMILES string of the molecule is NC(=O)COC1CC[C@@H]1N. The lowest BCUT2D eigenvalue weighted by Crippen LogP contribution is -2.46. The van der Waals surface area contributed by atoms with Gasteiger partial charge in [-0.1, -0.05) is 0 Å². The molecule has 0 aliphatic heterocycles. The van der Waals surface area contributed by atoms with Crippen LogP contribution in [0.25, 0.3) is 0 Å². The first kappa shape index (κ1) is 7.50. The fourth-order valence-corrected chi connectivity index (χ4v) is 0.891. The van der Waals surface area contributed by atoms with Crippen molar-refractivity contribution in [1.29, 1.82) is 0 Å². The summed E-state index contributed by atoms with van der Waals surface area (Å²) in [6, 6.07) is 0.111. The predicted molar refractivity (Wildman–Crippen MR) is 36.1 cm³/mol. The third-order valence-electron chi connectivity index (χ3n) is 1.70. The van der Waals surface area contributed by atoms with Crippen molar-refractivity contribution in [2.45, 2.75) is 25.0 Å². The quantitative estimate of drug-likeness (QED) is 0.532. The summed E-state index contributed by atoms with van der Waals surface area (Å²) in [5.41, 5.74) is 10.4. The van der Waals surface area contributed by atoms with Crippen molar-refractivity contribution < 1.29 is 9.53 Å². The summed E-state index contributed by atoms with van der Waals surface area (Å²) in [5, 5.41) is 0. The Balaban J connectivity index is 2.08. The zero-order chi connectivity index (χ0) is 7.56. The lowest BCUT2D eigenvalue weighted by Gasteiger charge is -2.32. The summed E-state index contributed by atoms with van der Waals surface area (Å²) in [7, 11) is 0. The van der Waals surface area contributed by atoms with Gasteiger partial charge < -0.3 is 16.2 Å². The van der Waals surface area contributed by atoms with Crippen LogP contribution in [0.15, 0.2) is 0 Å².